The highest BCUT2D eigenvalue weighted by Gasteiger charge is 2.41. The molecule has 0 aliphatic heterocycles. The van der Waals surface area contributed by atoms with E-state index >= 15 is 0 Å². The molecule has 74 valence electrons. The van der Waals surface area contributed by atoms with Crippen LogP contribution in [0.1, 0.15) is 32.1 Å². The lowest BCUT2D eigenvalue weighted by Gasteiger charge is -2.22. The molecule has 1 fully saturated rings. The van der Waals surface area contributed by atoms with E-state index in [1.807, 2.05) is 0 Å². The molecule has 1 atom stereocenters. The van der Waals surface area contributed by atoms with E-state index < -0.39 is 0 Å². The van der Waals surface area contributed by atoms with Crippen molar-refractivity contribution in [1.82, 2.24) is 5.32 Å². The van der Waals surface area contributed by atoms with Crippen LogP contribution in [0, 0.1) is 5.92 Å². The van der Waals surface area contributed by atoms with Gasteiger partial charge in [-0.2, -0.15) is 0 Å². The second-order valence-corrected chi connectivity index (χ2v) is 4.47. The highest BCUT2D eigenvalue weighted by Crippen LogP contribution is 2.35. The van der Waals surface area contributed by atoms with Gasteiger partial charge in [0.1, 0.15) is 0 Å². The summed E-state index contributed by atoms with van der Waals surface area (Å²) in [4.78, 5) is 0. The first-order valence-electron chi connectivity index (χ1n) is 5.36. The maximum absolute atomic E-state index is 9.11. The number of rotatable bonds is 4. The van der Waals surface area contributed by atoms with Gasteiger partial charge < -0.3 is 10.4 Å². The van der Waals surface area contributed by atoms with E-state index in [9.17, 15) is 0 Å². The maximum Gasteiger partial charge on any atom is 0.0613 e. The molecule has 0 saturated heterocycles. The molecule has 0 heterocycles. The van der Waals surface area contributed by atoms with Crippen molar-refractivity contribution in [3.05, 3.63) is 12.2 Å². The first-order chi connectivity index (χ1) is 6.35. The summed E-state index contributed by atoms with van der Waals surface area (Å²) in [5.41, 5.74) is 0.126. The molecule has 2 rings (SSSR count). The van der Waals surface area contributed by atoms with E-state index in [0.717, 1.165) is 25.3 Å². The highest BCUT2D eigenvalue weighted by molar-refractivity contribution is 5.02. The van der Waals surface area contributed by atoms with E-state index in [4.69, 9.17) is 5.11 Å². The second-order valence-electron chi connectivity index (χ2n) is 4.47. The van der Waals surface area contributed by atoms with E-state index in [1.54, 1.807) is 0 Å². The number of hydrogen-bond donors (Lipinski definition) is 2. The fraction of sp³-hybridized carbons (Fsp3) is 0.818. The third kappa shape index (κ3) is 2.32. The van der Waals surface area contributed by atoms with Crippen LogP contribution in [0.15, 0.2) is 12.2 Å². The molecule has 2 aliphatic carbocycles. The first kappa shape index (κ1) is 9.22. The number of nitrogens with one attached hydrogen (secondary N) is 1. The van der Waals surface area contributed by atoms with E-state index in [0.29, 0.717) is 6.61 Å². The predicted octanol–water partition coefficient (Wildman–Crippen LogP) is 1.46. The van der Waals surface area contributed by atoms with Gasteiger partial charge in [-0.25, -0.2) is 0 Å². The number of hydrogen-bond acceptors (Lipinski definition) is 2. The molecule has 13 heavy (non-hydrogen) atoms. The van der Waals surface area contributed by atoms with Gasteiger partial charge in [0.15, 0.2) is 0 Å². The summed E-state index contributed by atoms with van der Waals surface area (Å²) in [6.07, 6.45) is 10.6. The fourth-order valence-electron chi connectivity index (χ4n) is 1.94. The highest BCUT2D eigenvalue weighted by atomic mass is 16.3. The Morgan fingerprint density at radius 2 is 2.23 bits per heavy atom. The Labute approximate surface area is 80.0 Å². The molecule has 0 aromatic carbocycles. The van der Waals surface area contributed by atoms with Crippen LogP contribution in [-0.2, 0) is 0 Å². The van der Waals surface area contributed by atoms with Crippen LogP contribution in [-0.4, -0.2) is 23.8 Å². The minimum atomic E-state index is 0.126. The summed E-state index contributed by atoms with van der Waals surface area (Å²) >= 11 is 0. The Balaban J connectivity index is 1.70. The number of allylic oxidation sites excluding steroid dienone is 2. The van der Waals surface area contributed by atoms with Crippen LogP contribution in [0.2, 0.25) is 0 Å². The van der Waals surface area contributed by atoms with Gasteiger partial charge in [-0.1, -0.05) is 12.2 Å². The molecule has 0 aromatic rings. The molecule has 1 saturated carbocycles. The third-order valence-corrected chi connectivity index (χ3v) is 3.30. The van der Waals surface area contributed by atoms with Crippen LogP contribution >= 0.6 is 0 Å². The Hall–Kier alpha value is -0.340. The molecule has 0 bridgehead atoms. The monoisotopic (exact) mass is 181 g/mol. The van der Waals surface area contributed by atoms with Gasteiger partial charge >= 0.3 is 0 Å². The Bertz CT molecular complexity index is 196. The van der Waals surface area contributed by atoms with Crippen molar-refractivity contribution in [2.75, 3.05) is 13.2 Å². The summed E-state index contributed by atoms with van der Waals surface area (Å²) in [6, 6.07) is 0. The Morgan fingerprint density at radius 3 is 2.77 bits per heavy atom. The smallest absolute Gasteiger partial charge is 0.0613 e. The van der Waals surface area contributed by atoms with Gasteiger partial charge in [-0.3, -0.25) is 0 Å². The molecule has 2 heteroatoms. The van der Waals surface area contributed by atoms with Crippen LogP contribution in [0.25, 0.3) is 0 Å². The van der Waals surface area contributed by atoms with Gasteiger partial charge in [0, 0.05) is 5.54 Å². The van der Waals surface area contributed by atoms with Gasteiger partial charge in [0.2, 0.25) is 0 Å². The summed E-state index contributed by atoms with van der Waals surface area (Å²) in [5, 5.41) is 12.6. The van der Waals surface area contributed by atoms with Crippen LogP contribution in [0.4, 0.5) is 0 Å². The summed E-state index contributed by atoms with van der Waals surface area (Å²) in [5.74, 6) is 0.800. The van der Waals surface area contributed by atoms with Crippen molar-refractivity contribution in [3.8, 4) is 0 Å². The van der Waals surface area contributed by atoms with Crippen molar-refractivity contribution in [3.63, 3.8) is 0 Å². The largest absolute Gasteiger partial charge is 0.394 e. The SMILES string of the molecule is OCC1(NCC2CC=CCC2)CC1. The minimum absolute atomic E-state index is 0.126. The average Bonchev–Trinajstić information content (AvgIpc) is 2.97. The molecule has 2 aliphatic rings. The van der Waals surface area contributed by atoms with Crippen molar-refractivity contribution in [1.29, 1.82) is 0 Å². The van der Waals surface area contributed by atoms with E-state index in [2.05, 4.69) is 17.5 Å². The third-order valence-electron chi connectivity index (χ3n) is 3.30. The molecule has 0 spiro atoms. The van der Waals surface area contributed by atoms with Gasteiger partial charge in [0.25, 0.3) is 0 Å². The Morgan fingerprint density at radius 1 is 1.38 bits per heavy atom. The zero-order valence-corrected chi connectivity index (χ0v) is 8.13. The zero-order valence-electron chi connectivity index (χ0n) is 8.13. The molecule has 2 N–H and O–H groups in total. The van der Waals surface area contributed by atoms with Crippen LogP contribution in [0.3, 0.4) is 0 Å². The van der Waals surface area contributed by atoms with Crippen molar-refractivity contribution < 1.29 is 5.11 Å². The molecular formula is C11H19NO. The minimum Gasteiger partial charge on any atom is -0.394 e. The summed E-state index contributed by atoms with van der Waals surface area (Å²) in [6.45, 7) is 1.40. The quantitative estimate of drug-likeness (QED) is 0.643. The van der Waals surface area contributed by atoms with Crippen LogP contribution in [0.5, 0.6) is 0 Å². The lowest BCUT2D eigenvalue weighted by atomic mass is 9.94. The lowest BCUT2D eigenvalue weighted by Crippen LogP contribution is -2.38. The first-order valence-corrected chi connectivity index (χ1v) is 5.36. The molecule has 0 radical (unpaired) electrons. The number of aliphatic hydroxyl groups excluding tert-OH is 1. The standard InChI is InChI=1S/C11H19NO/c13-9-11(6-7-11)12-8-10-4-2-1-3-5-10/h1-2,10,12-13H,3-9H2. The van der Waals surface area contributed by atoms with E-state index in [-0.39, 0.29) is 5.54 Å². The maximum atomic E-state index is 9.11. The normalized spacial score (nSPS) is 30.4. The zero-order chi connectivity index (χ0) is 9.15. The van der Waals surface area contributed by atoms with E-state index in [1.165, 1.54) is 19.3 Å². The molecule has 1 unspecified atom stereocenters. The van der Waals surface area contributed by atoms with Crippen LogP contribution < -0.4 is 5.32 Å². The number of aliphatic hydroxyl groups is 1. The molecule has 0 aromatic heterocycles. The van der Waals surface area contributed by atoms with Gasteiger partial charge in [-0.15, -0.1) is 0 Å². The topological polar surface area (TPSA) is 32.3 Å². The fourth-order valence-corrected chi connectivity index (χ4v) is 1.94. The van der Waals surface area contributed by atoms with Gasteiger partial charge in [-0.05, 0) is 44.6 Å². The molecule has 2 nitrogen and oxygen atoms in total. The van der Waals surface area contributed by atoms with Gasteiger partial charge in [0.05, 0.1) is 6.61 Å². The van der Waals surface area contributed by atoms with Crippen molar-refractivity contribution in [2.45, 2.75) is 37.6 Å². The molecular weight excluding hydrogens is 162 g/mol. The average molecular weight is 181 g/mol. The molecule has 0 amide bonds. The van der Waals surface area contributed by atoms with Crippen molar-refractivity contribution >= 4 is 0 Å². The second kappa shape index (κ2) is 3.81. The lowest BCUT2D eigenvalue weighted by molar-refractivity contribution is 0.223. The van der Waals surface area contributed by atoms with Crippen molar-refractivity contribution in [2.24, 2.45) is 5.92 Å². The predicted molar refractivity (Wildman–Crippen MR) is 53.5 cm³/mol. The summed E-state index contributed by atoms with van der Waals surface area (Å²) in [7, 11) is 0. The Kier molecular flexibility index (Phi) is 2.70. The summed E-state index contributed by atoms with van der Waals surface area (Å²) < 4.78 is 0.